The molecule has 5 rings (SSSR count). The van der Waals surface area contributed by atoms with Crippen molar-refractivity contribution in [3.05, 3.63) is 34.6 Å². The van der Waals surface area contributed by atoms with Gasteiger partial charge >= 0.3 is 11.1 Å². The highest BCUT2D eigenvalue weighted by Gasteiger charge is 2.53. The molecule has 2 aromatic heterocycles. The standard InChI is InChI=1S/C25H28N8O7S3/c1-32-8-5-14(26)29-24(32)43-10-12-9-41-20-16(19(35)33(20)17(12)21(36)37)30-18(34)15(13-11-42-23(27)28-13)31-40-25(22(38)39)6-3-2-4-7-25/h5,8,11,16,20,26H,2-4,6-7,9-10H2,1H3,(H5,27,28,30,34,36,37,38,39)/b31-15-/t16?,20-/m1/s1. The Morgan fingerprint density at radius 2 is 2.05 bits per heavy atom. The number of carbonyl (C=O) groups excluding carboxylic acids is 3. The van der Waals surface area contributed by atoms with Crippen molar-refractivity contribution in [2.45, 2.75) is 54.3 Å². The number of thioether (sulfide) groups is 2. The zero-order chi connectivity index (χ0) is 30.9. The van der Waals surface area contributed by atoms with E-state index in [9.17, 15) is 29.4 Å². The van der Waals surface area contributed by atoms with Crippen molar-refractivity contribution >= 4 is 75.3 Å². The van der Waals surface area contributed by atoms with E-state index in [4.69, 9.17) is 16.3 Å². The van der Waals surface area contributed by atoms with Crippen molar-refractivity contribution in [3.8, 4) is 0 Å². The second kappa shape index (κ2) is 12.4. The van der Waals surface area contributed by atoms with Gasteiger partial charge in [0.05, 0.1) is 24.9 Å². The van der Waals surface area contributed by atoms with Crippen LogP contribution in [0.3, 0.4) is 0 Å². The lowest BCUT2D eigenvalue weighted by Crippen LogP contribution is -2.71. The van der Waals surface area contributed by atoms with Gasteiger partial charge < -0.3 is 36.6 Å². The molecule has 1 unspecified atom stereocenters. The van der Waals surface area contributed by atoms with Crippen molar-refractivity contribution in [1.82, 2.24) is 20.2 Å². The number of nitrogens with zero attached hydrogens (tertiary/aromatic N) is 5. The number of nitrogens with one attached hydrogen (secondary N) is 1. The monoisotopic (exact) mass is 648 g/mol. The number of amides is 2. The fraction of sp³-hybridized carbons (Fsp3) is 0.440. The van der Waals surface area contributed by atoms with Crippen LogP contribution >= 0.6 is 34.9 Å². The molecule has 3 aliphatic rings. The predicted octanol–water partition coefficient (Wildman–Crippen LogP) is -0.769. The summed E-state index contributed by atoms with van der Waals surface area (Å²) in [7, 11) is 1.78. The number of aromatic nitrogens is 3. The third-order valence-electron chi connectivity index (χ3n) is 7.24. The first-order chi connectivity index (χ1) is 20.5. The van der Waals surface area contributed by atoms with Gasteiger partial charge in [0.1, 0.15) is 17.1 Å². The van der Waals surface area contributed by atoms with E-state index >= 15 is 0 Å². The van der Waals surface area contributed by atoms with Crippen molar-refractivity contribution in [2.75, 3.05) is 23.0 Å². The number of aliphatic carboxylic acids is 2. The zero-order valence-corrected chi connectivity index (χ0v) is 25.3. The number of carboxylic acids is 2. The Labute approximate surface area is 257 Å². The molecule has 1 saturated heterocycles. The number of nitrogens with two attached hydrogens (primary N) is 2. The number of rotatable bonds is 10. The van der Waals surface area contributed by atoms with Crippen LogP contribution in [-0.4, -0.2) is 78.0 Å². The van der Waals surface area contributed by atoms with E-state index in [-0.39, 0.29) is 46.6 Å². The summed E-state index contributed by atoms with van der Waals surface area (Å²) in [5.41, 5.74) is 9.86. The number of hydrogen-bond donors (Lipinski definition) is 4. The summed E-state index contributed by atoms with van der Waals surface area (Å²) in [6, 6.07) is 0.550. The summed E-state index contributed by atoms with van der Waals surface area (Å²) in [6.45, 7) is 0. The maximum Gasteiger partial charge on any atom is 0.361 e. The summed E-state index contributed by atoms with van der Waals surface area (Å²) in [4.78, 5) is 65.8. The number of β-lactam (4-membered cyclic amide) rings is 1. The zero-order valence-electron chi connectivity index (χ0n) is 22.8. The second-order valence-electron chi connectivity index (χ2n) is 10.1. The van der Waals surface area contributed by atoms with Crippen LogP contribution < -0.4 is 26.5 Å². The molecule has 2 fully saturated rings. The van der Waals surface area contributed by atoms with E-state index in [2.05, 4.69) is 20.4 Å². The molecule has 1 saturated carbocycles. The van der Waals surface area contributed by atoms with Gasteiger partial charge in [-0.05, 0) is 35.2 Å². The fourth-order valence-electron chi connectivity index (χ4n) is 4.96. The Hall–Kier alpha value is -3.90. The van der Waals surface area contributed by atoms with Gasteiger partial charge in [-0.15, -0.1) is 23.1 Å². The molecule has 6 N–H and O–H groups in total. The van der Waals surface area contributed by atoms with Gasteiger partial charge in [0.15, 0.2) is 10.8 Å². The van der Waals surface area contributed by atoms with Crippen LogP contribution in [0.25, 0.3) is 0 Å². The summed E-state index contributed by atoms with van der Waals surface area (Å²) in [6.07, 6.45) is 4.29. The number of nitrogen functional groups attached to an aromatic ring is 2. The Bertz CT molecular complexity index is 1540. The Morgan fingerprint density at radius 1 is 1.30 bits per heavy atom. The molecule has 2 aliphatic heterocycles. The lowest BCUT2D eigenvalue weighted by molar-refractivity contribution is -0.713. The van der Waals surface area contributed by atoms with Gasteiger partial charge in [-0.2, -0.15) is 0 Å². The van der Waals surface area contributed by atoms with Crippen molar-refractivity contribution < 1.29 is 38.8 Å². The van der Waals surface area contributed by atoms with Gasteiger partial charge in [-0.1, -0.05) is 11.6 Å². The third-order valence-corrected chi connectivity index (χ3v) is 10.4. The maximum absolute atomic E-state index is 13.4. The average molecular weight is 649 g/mol. The van der Waals surface area contributed by atoms with Crippen molar-refractivity contribution in [2.24, 2.45) is 12.2 Å². The largest absolute Gasteiger partial charge is 0.543 e. The highest BCUT2D eigenvalue weighted by Crippen LogP contribution is 2.41. The minimum atomic E-state index is -1.59. The first kappa shape index (κ1) is 30.6. The lowest BCUT2D eigenvalue weighted by Gasteiger charge is -2.50. The van der Waals surface area contributed by atoms with E-state index in [0.29, 0.717) is 29.4 Å². The molecule has 15 nitrogen and oxygen atoms in total. The molecule has 228 valence electrons. The molecular formula is C25H28N8O7S3. The highest BCUT2D eigenvalue weighted by molar-refractivity contribution is 8.01. The number of aryl methyl sites for hydroxylation is 1. The molecule has 2 amide bonds. The molecule has 0 bridgehead atoms. The average Bonchev–Trinajstić information content (AvgIpc) is 3.41. The number of carboxylic acid groups (broad SMARTS) is 2. The molecule has 18 heteroatoms. The maximum atomic E-state index is 13.4. The van der Waals surface area contributed by atoms with Gasteiger partial charge in [0.25, 0.3) is 11.8 Å². The number of oxime groups is 1. The fourth-order valence-corrected chi connectivity index (χ4v) is 7.96. The number of anilines is 2. The minimum Gasteiger partial charge on any atom is -0.543 e. The predicted molar refractivity (Wildman–Crippen MR) is 155 cm³/mol. The quantitative estimate of drug-likeness (QED) is 0.0620. The van der Waals surface area contributed by atoms with E-state index in [1.165, 1.54) is 28.9 Å². The van der Waals surface area contributed by atoms with Gasteiger partial charge in [-0.25, -0.2) is 14.3 Å². The topological polar surface area (TPSA) is 230 Å². The molecule has 2 atom stereocenters. The van der Waals surface area contributed by atoms with E-state index < -0.39 is 40.8 Å². The van der Waals surface area contributed by atoms with Crippen LogP contribution in [0.1, 0.15) is 37.8 Å². The molecule has 4 heterocycles. The van der Waals surface area contributed by atoms with Crippen molar-refractivity contribution in [1.29, 1.82) is 0 Å². The normalized spacial score (nSPS) is 21.6. The highest BCUT2D eigenvalue weighted by atomic mass is 32.2. The van der Waals surface area contributed by atoms with Crippen LogP contribution in [0.5, 0.6) is 0 Å². The Kier molecular flexibility index (Phi) is 8.79. The van der Waals surface area contributed by atoms with Crippen LogP contribution in [0.4, 0.5) is 10.9 Å². The SMILES string of the molecule is C[n+]1ccc(N)nc1SCC1=C(C(=O)[O-])N2C(=O)C(NC(=O)/C(=N\OC3(C(=O)O)CCCCC3)c3csc(N)n3)[C@H]2SC1. The number of hydrogen-bond acceptors (Lipinski definition) is 14. The summed E-state index contributed by atoms with van der Waals surface area (Å²) in [5, 5.41) is 30.0. The smallest absolute Gasteiger partial charge is 0.361 e. The van der Waals surface area contributed by atoms with Crippen LogP contribution in [0.15, 0.2) is 39.2 Å². The lowest BCUT2D eigenvalue weighted by atomic mass is 9.85. The van der Waals surface area contributed by atoms with Crippen LogP contribution in [0.2, 0.25) is 0 Å². The molecule has 1 aliphatic carbocycles. The van der Waals surface area contributed by atoms with Gasteiger partial charge in [0, 0.05) is 35.8 Å². The van der Waals surface area contributed by atoms with Crippen LogP contribution in [0, 0.1) is 0 Å². The van der Waals surface area contributed by atoms with Gasteiger partial charge in [0.2, 0.25) is 11.4 Å². The third kappa shape index (κ3) is 6.12. The molecule has 0 spiro atoms. The second-order valence-corrected chi connectivity index (χ2v) is 13.0. The van der Waals surface area contributed by atoms with Crippen molar-refractivity contribution in [3.63, 3.8) is 0 Å². The van der Waals surface area contributed by atoms with Gasteiger partial charge in [-0.3, -0.25) is 14.5 Å². The number of thiazole rings is 1. The number of carbonyl (C=O) groups is 4. The Balaban J connectivity index is 1.34. The number of fused-ring (bicyclic) bond motifs is 1. The van der Waals surface area contributed by atoms with E-state index in [1.807, 2.05) is 0 Å². The molecule has 2 aromatic rings. The molecule has 0 radical (unpaired) electrons. The molecule has 0 aromatic carbocycles. The Morgan fingerprint density at radius 3 is 2.70 bits per heavy atom. The van der Waals surface area contributed by atoms with Crippen LogP contribution in [-0.2, 0) is 31.1 Å². The minimum absolute atomic E-state index is 0.0502. The molecule has 43 heavy (non-hydrogen) atoms. The summed E-state index contributed by atoms with van der Waals surface area (Å²) in [5.74, 6) is -3.39. The first-order valence-corrected chi connectivity index (χ1v) is 16.1. The van der Waals surface area contributed by atoms with E-state index in [0.717, 1.165) is 22.7 Å². The van der Waals surface area contributed by atoms with E-state index in [1.54, 1.807) is 23.9 Å². The molecular weight excluding hydrogens is 621 g/mol. The summed E-state index contributed by atoms with van der Waals surface area (Å²) >= 11 is 3.59. The summed E-state index contributed by atoms with van der Waals surface area (Å²) < 4.78 is 1.74. The first-order valence-electron chi connectivity index (χ1n) is 13.2.